The van der Waals surface area contributed by atoms with Crippen molar-refractivity contribution in [2.24, 2.45) is 11.8 Å². The third-order valence-corrected chi connectivity index (χ3v) is 7.24. The predicted molar refractivity (Wildman–Crippen MR) is 123 cm³/mol. The van der Waals surface area contributed by atoms with Gasteiger partial charge in [-0.1, -0.05) is 44.9 Å². The molecule has 2 aromatic heterocycles. The van der Waals surface area contributed by atoms with E-state index in [9.17, 15) is 4.79 Å². The first kappa shape index (κ1) is 22.2. The van der Waals surface area contributed by atoms with Crippen molar-refractivity contribution in [1.29, 1.82) is 0 Å². The van der Waals surface area contributed by atoms with Gasteiger partial charge in [0.05, 0.1) is 12.8 Å². The van der Waals surface area contributed by atoms with Crippen molar-refractivity contribution < 1.29 is 9.21 Å². The summed E-state index contributed by atoms with van der Waals surface area (Å²) < 4.78 is 7.75. The molecule has 8 heteroatoms. The van der Waals surface area contributed by atoms with E-state index in [0.29, 0.717) is 36.6 Å². The molecule has 0 radical (unpaired) electrons. The molecule has 170 valence electrons. The molecule has 3 heterocycles. The predicted octanol–water partition coefficient (Wildman–Crippen LogP) is 4.33. The van der Waals surface area contributed by atoms with Crippen LogP contribution in [0.4, 0.5) is 5.95 Å². The van der Waals surface area contributed by atoms with Crippen LogP contribution in [0.2, 0.25) is 0 Å². The Morgan fingerprint density at radius 1 is 1.19 bits per heavy atom. The number of nitrogens with zero attached hydrogens (tertiary/aromatic N) is 4. The monoisotopic (exact) mass is 445 g/mol. The first-order chi connectivity index (χ1) is 15.1. The lowest BCUT2D eigenvalue weighted by Gasteiger charge is -2.35. The number of piperidine rings is 1. The van der Waals surface area contributed by atoms with E-state index in [-0.39, 0.29) is 5.91 Å². The lowest BCUT2D eigenvalue weighted by molar-refractivity contribution is -0.121. The third-order valence-electron chi connectivity index (χ3n) is 6.27. The molecular formula is C23H35N5O2S. The normalized spacial score (nSPS) is 22.6. The maximum absolute atomic E-state index is 12.4. The molecule has 2 aromatic rings. The van der Waals surface area contributed by atoms with Crippen molar-refractivity contribution in [1.82, 2.24) is 20.1 Å². The van der Waals surface area contributed by atoms with Crippen LogP contribution in [0.1, 0.15) is 64.6 Å². The average Bonchev–Trinajstić information content (AvgIpc) is 3.39. The Kier molecular flexibility index (Phi) is 7.58. The van der Waals surface area contributed by atoms with Crippen LogP contribution >= 0.6 is 11.8 Å². The van der Waals surface area contributed by atoms with Crippen LogP contribution in [0, 0.1) is 11.8 Å². The van der Waals surface area contributed by atoms with E-state index in [1.165, 1.54) is 25.7 Å². The molecule has 0 spiro atoms. The fourth-order valence-electron chi connectivity index (χ4n) is 4.93. The fraction of sp³-hybridized carbons (Fsp3) is 0.696. The second-order valence-electron chi connectivity index (χ2n) is 9.30. The number of carbonyl (C=O) groups is 1. The van der Waals surface area contributed by atoms with Gasteiger partial charge in [0.1, 0.15) is 5.76 Å². The fourth-order valence-corrected chi connectivity index (χ4v) is 5.80. The summed E-state index contributed by atoms with van der Waals surface area (Å²) in [5, 5.41) is 13.1. The van der Waals surface area contributed by atoms with Crippen molar-refractivity contribution >= 4 is 23.6 Å². The van der Waals surface area contributed by atoms with Gasteiger partial charge in [-0.25, -0.2) is 0 Å². The Morgan fingerprint density at radius 3 is 2.68 bits per heavy atom. The van der Waals surface area contributed by atoms with Crippen molar-refractivity contribution in [2.45, 2.75) is 76.5 Å². The Balaban J connectivity index is 1.40. The lowest BCUT2D eigenvalue weighted by atomic mass is 9.92. The van der Waals surface area contributed by atoms with Crippen LogP contribution in [-0.4, -0.2) is 45.6 Å². The minimum Gasteiger partial charge on any atom is -0.467 e. The quantitative estimate of drug-likeness (QED) is 0.610. The first-order valence-electron chi connectivity index (χ1n) is 11.7. The van der Waals surface area contributed by atoms with E-state index in [4.69, 9.17) is 4.42 Å². The van der Waals surface area contributed by atoms with E-state index < -0.39 is 0 Å². The highest BCUT2D eigenvalue weighted by Gasteiger charge is 2.27. The van der Waals surface area contributed by atoms with Gasteiger partial charge in [0, 0.05) is 31.3 Å². The molecule has 7 nitrogen and oxygen atoms in total. The zero-order valence-corrected chi connectivity index (χ0v) is 19.6. The number of thioether (sulfide) groups is 1. The van der Waals surface area contributed by atoms with Crippen LogP contribution in [0.25, 0.3) is 0 Å². The third kappa shape index (κ3) is 6.05. The number of furan rings is 1. The van der Waals surface area contributed by atoms with Crippen LogP contribution in [0.15, 0.2) is 28.0 Å². The number of hydrogen-bond acceptors (Lipinski definition) is 6. The summed E-state index contributed by atoms with van der Waals surface area (Å²) in [5.74, 6) is 3.91. The molecule has 31 heavy (non-hydrogen) atoms. The number of nitrogens with one attached hydrogen (secondary N) is 1. The van der Waals surface area contributed by atoms with Crippen molar-refractivity contribution in [3.05, 3.63) is 24.2 Å². The zero-order chi connectivity index (χ0) is 21.6. The van der Waals surface area contributed by atoms with Gasteiger partial charge in [-0.05, 0) is 43.2 Å². The molecule has 2 atom stereocenters. The molecular weight excluding hydrogens is 410 g/mol. The molecule has 1 saturated heterocycles. The van der Waals surface area contributed by atoms with Gasteiger partial charge in [0.25, 0.3) is 0 Å². The van der Waals surface area contributed by atoms with Gasteiger partial charge in [-0.3, -0.25) is 9.36 Å². The number of anilines is 1. The molecule has 2 unspecified atom stereocenters. The molecule has 2 aliphatic rings. The minimum atomic E-state index is 0.149. The number of aromatic nitrogens is 3. The summed E-state index contributed by atoms with van der Waals surface area (Å²) in [4.78, 5) is 14.7. The first-order valence-corrected chi connectivity index (χ1v) is 12.7. The molecule has 1 aliphatic heterocycles. The summed E-state index contributed by atoms with van der Waals surface area (Å²) in [5.41, 5.74) is 0. The second kappa shape index (κ2) is 10.6. The Morgan fingerprint density at radius 2 is 1.97 bits per heavy atom. The number of rotatable bonds is 8. The van der Waals surface area contributed by atoms with Gasteiger partial charge in [0.2, 0.25) is 11.9 Å². The van der Waals surface area contributed by atoms with Crippen molar-refractivity contribution in [3.8, 4) is 0 Å². The zero-order valence-electron chi connectivity index (χ0n) is 18.8. The maximum atomic E-state index is 12.4. The van der Waals surface area contributed by atoms with E-state index in [1.807, 2.05) is 12.1 Å². The highest BCUT2D eigenvalue weighted by molar-refractivity contribution is 7.99. The second-order valence-corrected chi connectivity index (χ2v) is 10.4. The summed E-state index contributed by atoms with van der Waals surface area (Å²) in [7, 11) is 0. The standard InChI is InChI=1S/C23H35N5O2S/c1-17-13-18(2)15-27(14-17)22-25-26-23(28(22)16-20-9-6-11-30-20)31-12-10-21(29)24-19-7-4-3-5-8-19/h6,9,11,17-19H,3-5,7-8,10,12-16H2,1-2H3,(H,24,29). The van der Waals surface area contributed by atoms with Crippen LogP contribution in [0.5, 0.6) is 0 Å². The largest absolute Gasteiger partial charge is 0.467 e. The molecule has 1 amide bonds. The SMILES string of the molecule is CC1CC(C)CN(c2nnc(SCCC(=O)NC3CCCCC3)n2Cc2ccco2)C1. The van der Waals surface area contributed by atoms with E-state index in [1.54, 1.807) is 18.0 Å². The lowest BCUT2D eigenvalue weighted by Crippen LogP contribution is -2.40. The minimum absolute atomic E-state index is 0.149. The van der Waals surface area contributed by atoms with E-state index >= 15 is 0 Å². The van der Waals surface area contributed by atoms with E-state index in [2.05, 4.69) is 38.8 Å². The average molecular weight is 446 g/mol. The van der Waals surface area contributed by atoms with E-state index in [0.717, 1.165) is 42.8 Å². The summed E-state index contributed by atoms with van der Waals surface area (Å²) in [6, 6.07) is 4.26. The Labute approximate surface area is 189 Å². The van der Waals surface area contributed by atoms with Gasteiger partial charge >= 0.3 is 0 Å². The molecule has 4 rings (SSSR count). The molecule has 1 aliphatic carbocycles. The highest BCUT2D eigenvalue weighted by Crippen LogP contribution is 2.29. The molecule has 1 saturated carbocycles. The number of carbonyl (C=O) groups excluding carboxylic acids is 1. The van der Waals surface area contributed by atoms with Gasteiger partial charge < -0.3 is 14.6 Å². The molecule has 2 fully saturated rings. The van der Waals surface area contributed by atoms with Crippen LogP contribution in [-0.2, 0) is 11.3 Å². The van der Waals surface area contributed by atoms with Gasteiger partial charge in [-0.2, -0.15) is 0 Å². The topological polar surface area (TPSA) is 76.2 Å². The summed E-state index contributed by atoms with van der Waals surface area (Å²) >= 11 is 1.61. The number of hydrogen-bond donors (Lipinski definition) is 1. The van der Waals surface area contributed by atoms with Crippen molar-refractivity contribution in [3.63, 3.8) is 0 Å². The van der Waals surface area contributed by atoms with Crippen molar-refractivity contribution in [2.75, 3.05) is 23.7 Å². The Bertz CT molecular complexity index is 821. The summed E-state index contributed by atoms with van der Waals surface area (Å²) in [6.45, 7) is 7.20. The maximum Gasteiger partial charge on any atom is 0.228 e. The van der Waals surface area contributed by atoms with Crippen LogP contribution < -0.4 is 10.2 Å². The van der Waals surface area contributed by atoms with Gasteiger partial charge in [0.15, 0.2) is 5.16 Å². The molecule has 0 aromatic carbocycles. The van der Waals surface area contributed by atoms with Gasteiger partial charge in [-0.15, -0.1) is 10.2 Å². The summed E-state index contributed by atoms with van der Waals surface area (Å²) in [6.07, 6.45) is 9.44. The molecule has 1 N–H and O–H groups in total. The molecule has 0 bridgehead atoms. The Hall–Kier alpha value is -1.96. The number of amides is 1. The highest BCUT2D eigenvalue weighted by atomic mass is 32.2. The smallest absolute Gasteiger partial charge is 0.228 e. The van der Waals surface area contributed by atoms with Crippen LogP contribution in [0.3, 0.4) is 0 Å².